The Labute approximate surface area is 68.0 Å². The number of ketones is 1. The van der Waals surface area contributed by atoms with Crippen molar-refractivity contribution in [2.45, 2.75) is 18.0 Å². The van der Waals surface area contributed by atoms with Gasteiger partial charge in [0.2, 0.25) is 5.78 Å². The molecule has 1 rings (SSSR count). The van der Waals surface area contributed by atoms with Crippen molar-refractivity contribution >= 4 is 5.78 Å². The summed E-state index contributed by atoms with van der Waals surface area (Å²) in [6.07, 6.45) is -3.15. The van der Waals surface area contributed by atoms with Crippen molar-refractivity contribution in [1.29, 1.82) is 0 Å². The van der Waals surface area contributed by atoms with Crippen molar-refractivity contribution in [2.75, 3.05) is 13.2 Å². The molecule has 6 heteroatoms. The molecule has 1 fully saturated rings. The van der Waals surface area contributed by atoms with Crippen molar-refractivity contribution < 1.29 is 30.0 Å². The predicted octanol–water partition coefficient (Wildman–Crippen LogP) is -3.01. The molecule has 0 aliphatic carbocycles. The fourth-order valence-electron chi connectivity index (χ4n) is 0.976. The van der Waals surface area contributed by atoms with Crippen LogP contribution in [0.3, 0.4) is 0 Å². The van der Waals surface area contributed by atoms with Gasteiger partial charge in [-0.05, 0) is 0 Å². The number of rotatable bonds is 2. The summed E-state index contributed by atoms with van der Waals surface area (Å²) in [6.45, 7) is -1.18. The molecule has 1 aliphatic rings. The lowest BCUT2D eigenvalue weighted by atomic mass is 10.0. The third-order valence-corrected chi connectivity index (χ3v) is 1.74. The normalized spacial score (nSPS) is 38.7. The van der Waals surface area contributed by atoms with Crippen LogP contribution in [-0.4, -0.2) is 57.4 Å². The van der Waals surface area contributed by atoms with Gasteiger partial charge in [-0.1, -0.05) is 0 Å². The fourth-order valence-corrected chi connectivity index (χ4v) is 0.976. The van der Waals surface area contributed by atoms with E-state index in [4.69, 9.17) is 15.3 Å². The van der Waals surface area contributed by atoms with E-state index >= 15 is 0 Å². The zero-order valence-electron chi connectivity index (χ0n) is 6.17. The van der Waals surface area contributed by atoms with Gasteiger partial charge in [0.05, 0.1) is 13.2 Å². The van der Waals surface area contributed by atoms with E-state index in [0.29, 0.717) is 0 Å². The van der Waals surface area contributed by atoms with Gasteiger partial charge in [0.15, 0.2) is 0 Å². The molecule has 0 bridgehead atoms. The number of hydrogen-bond donors (Lipinski definition) is 4. The molecule has 0 spiro atoms. The summed E-state index contributed by atoms with van der Waals surface area (Å²) in [4.78, 5) is 10.9. The topological polar surface area (TPSA) is 107 Å². The lowest BCUT2D eigenvalue weighted by Crippen LogP contribution is -2.51. The molecule has 6 nitrogen and oxygen atoms in total. The molecular formula is C6H10O6. The average Bonchev–Trinajstić information content (AvgIpc) is 2.33. The van der Waals surface area contributed by atoms with Gasteiger partial charge < -0.3 is 25.2 Å². The van der Waals surface area contributed by atoms with Gasteiger partial charge in [-0.25, -0.2) is 0 Å². The van der Waals surface area contributed by atoms with E-state index in [1.165, 1.54) is 0 Å². The van der Waals surface area contributed by atoms with Crippen LogP contribution in [0.4, 0.5) is 0 Å². The van der Waals surface area contributed by atoms with E-state index in [2.05, 4.69) is 4.74 Å². The maximum atomic E-state index is 10.9. The molecule has 0 radical (unpaired) electrons. The van der Waals surface area contributed by atoms with Crippen LogP contribution in [0.25, 0.3) is 0 Å². The van der Waals surface area contributed by atoms with Gasteiger partial charge in [-0.2, -0.15) is 0 Å². The number of ether oxygens (including phenoxy) is 1. The van der Waals surface area contributed by atoms with Crippen LogP contribution in [-0.2, 0) is 9.53 Å². The van der Waals surface area contributed by atoms with Crippen LogP contribution in [0, 0.1) is 0 Å². The zero-order valence-corrected chi connectivity index (χ0v) is 6.17. The monoisotopic (exact) mass is 178 g/mol. The van der Waals surface area contributed by atoms with E-state index in [-0.39, 0.29) is 6.61 Å². The maximum Gasteiger partial charge on any atom is 0.258 e. The molecule has 70 valence electrons. The third-order valence-electron chi connectivity index (χ3n) is 1.74. The Bertz CT molecular complexity index is 192. The van der Waals surface area contributed by atoms with E-state index in [1.54, 1.807) is 0 Å². The molecule has 12 heavy (non-hydrogen) atoms. The van der Waals surface area contributed by atoms with Crippen LogP contribution in [0.1, 0.15) is 0 Å². The van der Waals surface area contributed by atoms with Gasteiger partial charge in [0, 0.05) is 0 Å². The van der Waals surface area contributed by atoms with Crippen molar-refractivity contribution in [3.05, 3.63) is 0 Å². The Balaban J connectivity index is 2.78. The van der Waals surface area contributed by atoms with Crippen molar-refractivity contribution in [3.8, 4) is 0 Å². The summed E-state index contributed by atoms with van der Waals surface area (Å²) in [5.74, 6) is -3.47. The summed E-state index contributed by atoms with van der Waals surface area (Å²) < 4.78 is 4.46. The number of carbonyl (C=O) groups is 1. The third kappa shape index (κ3) is 1.23. The molecule has 0 amide bonds. The van der Waals surface area contributed by atoms with E-state index in [0.717, 1.165) is 0 Å². The standard InChI is InChI=1S/C6H10O6/c7-1-4(9)6(11)5(10)3(8)2-12-6/h3-4,7-9,11H,1-2H2/t3-,4-,6+/m1/s1. The maximum absolute atomic E-state index is 10.9. The lowest BCUT2D eigenvalue weighted by molar-refractivity contribution is -0.228. The number of Topliss-reactive ketones (excluding diaryl/α,β-unsaturated/α-hetero) is 1. The van der Waals surface area contributed by atoms with E-state index in [9.17, 15) is 9.90 Å². The first-order valence-electron chi connectivity index (χ1n) is 3.40. The van der Waals surface area contributed by atoms with Crippen molar-refractivity contribution in [3.63, 3.8) is 0 Å². The number of carbonyl (C=O) groups excluding carboxylic acids is 1. The first-order valence-corrected chi connectivity index (χ1v) is 3.40. The van der Waals surface area contributed by atoms with Crippen LogP contribution < -0.4 is 0 Å². The Morgan fingerprint density at radius 1 is 1.75 bits per heavy atom. The number of aliphatic hydroxyl groups excluding tert-OH is 3. The smallest absolute Gasteiger partial charge is 0.258 e. The molecule has 4 N–H and O–H groups in total. The van der Waals surface area contributed by atoms with Gasteiger partial charge in [-0.15, -0.1) is 0 Å². The highest BCUT2D eigenvalue weighted by Gasteiger charge is 2.52. The minimum Gasteiger partial charge on any atom is -0.393 e. The Kier molecular flexibility index (Phi) is 2.45. The Morgan fingerprint density at radius 3 is 2.67 bits per heavy atom. The molecule has 0 aromatic rings. The van der Waals surface area contributed by atoms with Crippen LogP contribution in [0.5, 0.6) is 0 Å². The van der Waals surface area contributed by atoms with Crippen LogP contribution in [0.2, 0.25) is 0 Å². The second-order valence-corrected chi connectivity index (χ2v) is 2.59. The molecule has 0 aromatic heterocycles. The molecular weight excluding hydrogens is 168 g/mol. The zero-order chi connectivity index (χ0) is 9.35. The summed E-state index contributed by atoms with van der Waals surface area (Å²) >= 11 is 0. The highest BCUT2D eigenvalue weighted by molar-refractivity contribution is 5.91. The van der Waals surface area contributed by atoms with Crippen LogP contribution >= 0.6 is 0 Å². The van der Waals surface area contributed by atoms with Crippen molar-refractivity contribution in [2.24, 2.45) is 0 Å². The van der Waals surface area contributed by atoms with Gasteiger partial charge >= 0.3 is 0 Å². The Hall–Kier alpha value is -0.530. The molecule has 0 unspecified atom stereocenters. The summed E-state index contributed by atoms with van der Waals surface area (Å²) in [5, 5.41) is 35.5. The second kappa shape index (κ2) is 3.08. The van der Waals surface area contributed by atoms with Crippen LogP contribution in [0.15, 0.2) is 0 Å². The minimum absolute atomic E-state index is 0.369. The molecule has 3 atom stereocenters. The first kappa shape index (κ1) is 9.56. The molecule has 0 saturated carbocycles. The quantitative estimate of drug-likeness (QED) is 0.358. The molecule has 0 aromatic carbocycles. The molecule has 1 saturated heterocycles. The highest BCUT2D eigenvalue weighted by atomic mass is 16.7. The first-order chi connectivity index (χ1) is 5.52. The number of aliphatic hydroxyl groups is 4. The summed E-state index contributed by atoms with van der Waals surface area (Å²) in [6, 6.07) is 0. The number of hydrogen-bond acceptors (Lipinski definition) is 6. The summed E-state index contributed by atoms with van der Waals surface area (Å²) in [5.41, 5.74) is 0. The molecule has 1 heterocycles. The predicted molar refractivity (Wildman–Crippen MR) is 35.0 cm³/mol. The van der Waals surface area contributed by atoms with E-state index in [1.807, 2.05) is 0 Å². The van der Waals surface area contributed by atoms with Crippen molar-refractivity contribution in [1.82, 2.24) is 0 Å². The highest BCUT2D eigenvalue weighted by Crippen LogP contribution is 2.22. The summed E-state index contributed by atoms with van der Waals surface area (Å²) in [7, 11) is 0. The average molecular weight is 178 g/mol. The fraction of sp³-hybridized carbons (Fsp3) is 0.833. The second-order valence-electron chi connectivity index (χ2n) is 2.59. The largest absolute Gasteiger partial charge is 0.393 e. The van der Waals surface area contributed by atoms with Gasteiger partial charge in [-0.3, -0.25) is 4.79 Å². The lowest BCUT2D eigenvalue weighted by Gasteiger charge is -2.23. The SMILES string of the molecule is O=C1[C@H](O)CO[C@@]1(O)[C@H](O)CO. The van der Waals surface area contributed by atoms with Gasteiger partial charge in [0.1, 0.15) is 12.2 Å². The Morgan fingerprint density at radius 2 is 2.33 bits per heavy atom. The van der Waals surface area contributed by atoms with Gasteiger partial charge in [0.25, 0.3) is 5.79 Å². The minimum atomic E-state index is -2.45. The molecule has 1 aliphatic heterocycles. The van der Waals surface area contributed by atoms with E-state index < -0.39 is 30.4 Å².